The number of aliphatic imine (C=N–C) groups is 1. The summed E-state index contributed by atoms with van der Waals surface area (Å²) in [5.41, 5.74) is 6.09. The van der Waals surface area contributed by atoms with Gasteiger partial charge >= 0.3 is 5.97 Å². The van der Waals surface area contributed by atoms with Crippen molar-refractivity contribution in [2.45, 2.75) is 46.5 Å². The molecule has 0 spiro atoms. The number of aryl methyl sites for hydroxylation is 3. The number of carboxylic acid groups (broad SMARTS) is 1. The van der Waals surface area contributed by atoms with Gasteiger partial charge in [-0.25, -0.2) is 9.79 Å². The first-order valence-corrected chi connectivity index (χ1v) is 12.9. The van der Waals surface area contributed by atoms with E-state index in [0.29, 0.717) is 15.6 Å². The van der Waals surface area contributed by atoms with E-state index in [9.17, 15) is 14.7 Å². The molecule has 6 nitrogen and oxygen atoms in total. The van der Waals surface area contributed by atoms with Crippen molar-refractivity contribution in [1.82, 2.24) is 9.88 Å². The highest BCUT2D eigenvalue weighted by molar-refractivity contribution is 8.18. The van der Waals surface area contributed by atoms with Gasteiger partial charge < -0.3 is 15.0 Å². The van der Waals surface area contributed by atoms with E-state index in [1.165, 1.54) is 16.6 Å². The van der Waals surface area contributed by atoms with Crippen molar-refractivity contribution >= 4 is 51.9 Å². The maximum absolute atomic E-state index is 12.6. The Hall–Kier alpha value is -3.10. The third-order valence-corrected chi connectivity index (χ3v) is 8.40. The Labute approximate surface area is 206 Å². The molecule has 2 N–H and O–H groups in total. The maximum Gasteiger partial charge on any atom is 0.339 e. The van der Waals surface area contributed by atoms with Crippen molar-refractivity contribution in [3.05, 3.63) is 73.8 Å². The van der Waals surface area contributed by atoms with Crippen molar-refractivity contribution in [2.24, 2.45) is 4.99 Å². The Morgan fingerprint density at radius 2 is 1.97 bits per heavy atom. The van der Waals surface area contributed by atoms with E-state index in [-0.39, 0.29) is 5.91 Å². The number of amides is 1. The third-order valence-electron chi connectivity index (χ3n) is 6.21. The summed E-state index contributed by atoms with van der Waals surface area (Å²) in [7, 11) is 0. The number of nitrogens with one attached hydrogen (secondary N) is 1. The molecule has 3 heterocycles. The lowest BCUT2D eigenvalue weighted by molar-refractivity contribution is -0.115. The molecule has 1 saturated heterocycles. The number of fused-ring (bicyclic) bond motifs is 1. The van der Waals surface area contributed by atoms with Gasteiger partial charge in [-0.2, -0.15) is 0 Å². The van der Waals surface area contributed by atoms with Gasteiger partial charge in [0.1, 0.15) is 5.00 Å². The quantitative estimate of drug-likeness (QED) is 0.443. The van der Waals surface area contributed by atoms with Gasteiger partial charge in [0.15, 0.2) is 5.17 Å². The molecule has 0 unspecified atom stereocenters. The molecule has 34 heavy (non-hydrogen) atoms. The SMILES string of the molecule is Cc1cccc(N=C2NC(=O)/C(=C/c3cc(C)n(-c4sc5c(c4C(=O)O)CCCC5)c3C)S2)c1. The lowest BCUT2D eigenvalue weighted by Gasteiger charge is -2.11. The van der Waals surface area contributed by atoms with Crippen LogP contribution in [0, 0.1) is 20.8 Å². The zero-order chi connectivity index (χ0) is 24.0. The first-order valence-electron chi connectivity index (χ1n) is 11.2. The molecule has 2 aliphatic rings. The van der Waals surface area contributed by atoms with Gasteiger partial charge in [0.05, 0.1) is 16.2 Å². The summed E-state index contributed by atoms with van der Waals surface area (Å²) >= 11 is 2.90. The van der Waals surface area contributed by atoms with Crippen LogP contribution in [0.2, 0.25) is 0 Å². The summed E-state index contributed by atoms with van der Waals surface area (Å²) in [6.45, 7) is 5.96. The van der Waals surface area contributed by atoms with Crippen molar-refractivity contribution in [3.8, 4) is 5.00 Å². The molecule has 0 bridgehead atoms. The van der Waals surface area contributed by atoms with E-state index in [1.807, 2.05) is 61.7 Å². The fourth-order valence-electron chi connectivity index (χ4n) is 4.61. The van der Waals surface area contributed by atoms with Crippen LogP contribution in [-0.2, 0) is 17.6 Å². The van der Waals surface area contributed by atoms with E-state index in [1.54, 1.807) is 11.3 Å². The molecule has 2 aromatic heterocycles. The van der Waals surface area contributed by atoms with Crippen LogP contribution in [-0.4, -0.2) is 26.7 Å². The molecular weight excluding hydrogens is 466 g/mol. The monoisotopic (exact) mass is 491 g/mol. The fraction of sp³-hybridized carbons (Fsp3) is 0.269. The molecule has 8 heteroatoms. The molecular formula is C26H25N3O3S2. The number of carboxylic acids is 1. The van der Waals surface area contributed by atoms with Gasteiger partial charge in [0, 0.05) is 16.3 Å². The van der Waals surface area contributed by atoms with E-state index in [4.69, 9.17) is 0 Å². The molecule has 1 aliphatic heterocycles. The predicted molar refractivity (Wildman–Crippen MR) is 139 cm³/mol. The number of thiophene rings is 1. The van der Waals surface area contributed by atoms with Crippen LogP contribution in [0.4, 0.5) is 5.69 Å². The summed E-state index contributed by atoms with van der Waals surface area (Å²) in [6.07, 6.45) is 5.76. The second-order valence-electron chi connectivity index (χ2n) is 8.68. The van der Waals surface area contributed by atoms with Crippen molar-refractivity contribution in [1.29, 1.82) is 0 Å². The Balaban J connectivity index is 1.51. The number of rotatable bonds is 4. The number of nitrogens with zero attached hydrogens (tertiary/aromatic N) is 2. The van der Waals surface area contributed by atoms with Gasteiger partial charge in [-0.05, 0) is 99.2 Å². The van der Waals surface area contributed by atoms with Crippen molar-refractivity contribution in [3.63, 3.8) is 0 Å². The molecule has 5 rings (SSSR count). The number of amidine groups is 1. The minimum atomic E-state index is -0.871. The Bertz CT molecular complexity index is 1390. The van der Waals surface area contributed by atoms with Crippen molar-refractivity contribution in [2.75, 3.05) is 0 Å². The van der Waals surface area contributed by atoms with Crippen LogP contribution in [0.25, 0.3) is 11.1 Å². The summed E-state index contributed by atoms with van der Waals surface area (Å²) in [6, 6.07) is 9.83. The first kappa shape index (κ1) is 22.7. The number of hydrogen-bond donors (Lipinski definition) is 2. The van der Waals surface area contributed by atoms with E-state index in [0.717, 1.165) is 64.4 Å². The Kier molecular flexibility index (Phi) is 5.95. The van der Waals surface area contributed by atoms with Gasteiger partial charge in [-0.3, -0.25) is 4.79 Å². The molecule has 174 valence electrons. The largest absolute Gasteiger partial charge is 0.478 e. The minimum absolute atomic E-state index is 0.181. The second-order valence-corrected chi connectivity index (χ2v) is 10.8. The van der Waals surface area contributed by atoms with Crippen molar-refractivity contribution < 1.29 is 14.7 Å². The number of benzene rings is 1. The lowest BCUT2D eigenvalue weighted by Crippen LogP contribution is -2.19. The molecule has 0 saturated carbocycles. The molecule has 1 fully saturated rings. The number of thioether (sulfide) groups is 1. The van der Waals surface area contributed by atoms with E-state index < -0.39 is 5.97 Å². The standard InChI is InChI=1S/C26H25N3O3S2/c1-14-7-6-8-18(11-14)27-26-28-23(30)21(34-26)13-17-12-15(2)29(16(17)3)24-22(25(31)32)19-9-4-5-10-20(19)33-24/h6-8,11-13H,4-5,9-10H2,1-3H3,(H,31,32)(H,27,28,30)/b21-13-. The molecule has 0 radical (unpaired) electrons. The number of aromatic carboxylic acids is 1. The highest BCUT2D eigenvalue weighted by atomic mass is 32.2. The van der Waals surface area contributed by atoms with Crippen LogP contribution >= 0.6 is 23.1 Å². The average molecular weight is 492 g/mol. The highest BCUT2D eigenvalue weighted by Crippen LogP contribution is 2.39. The second kappa shape index (κ2) is 8.92. The van der Waals surface area contributed by atoms with Crippen LogP contribution in [0.1, 0.15) is 56.2 Å². The number of aromatic nitrogens is 1. The van der Waals surface area contributed by atoms with Gasteiger partial charge in [0.2, 0.25) is 0 Å². The Morgan fingerprint density at radius 3 is 2.74 bits per heavy atom. The normalized spacial score (nSPS) is 17.9. The molecule has 1 amide bonds. The molecule has 1 aromatic carbocycles. The summed E-state index contributed by atoms with van der Waals surface area (Å²) in [5, 5.41) is 14.2. The van der Waals surface area contributed by atoms with Gasteiger partial charge in [-0.1, -0.05) is 12.1 Å². The van der Waals surface area contributed by atoms with E-state index >= 15 is 0 Å². The van der Waals surface area contributed by atoms with Crippen LogP contribution in [0.5, 0.6) is 0 Å². The summed E-state index contributed by atoms with van der Waals surface area (Å²) in [5.74, 6) is -1.05. The molecule has 1 aliphatic carbocycles. The zero-order valence-electron chi connectivity index (χ0n) is 19.3. The number of carbonyl (C=O) groups excluding carboxylic acids is 1. The van der Waals surface area contributed by atoms with Crippen LogP contribution < -0.4 is 5.32 Å². The number of hydrogen-bond acceptors (Lipinski definition) is 5. The van der Waals surface area contributed by atoms with Gasteiger partial charge in [-0.15, -0.1) is 11.3 Å². The third kappa shape index (κ3) is 4.12. The highest BCUT2D eigenvalue weighted by Gasteiger charge is 2.28. The molecule has 0 atom stereocenters. The fourth-order valence-corrected chi connectivity index (χ4v) is 6.94. The Morgan fingerprint density at radius 1 is 1.18 bits per heavy atom. The zero-order valence-corrected chi connectivity index (χ0v) is 20.9. The first-order chi connectivity index (χ1) is 16.3. The smallest absolute Gasteiger partial charge is 0.339 e. The summed E-state index contributed by atoms with van der Waals surface area (Å²) in [4.78, 5) is 31.1. The van der Waals surface area contributed by atoms with Crippen LogP contribution in [0.15, 0.2) is 40.2 Å². The average Bonchev–Trinajstić information content (AvgIpc) is 3.41. The predicted octanol–water partition coefficient (Wildman–Crippen LogP) is 5.93. The van der Waals surface area contributed by atoms with Crippen LogP contribution in [0.3, 0.4) is 0 Å². The topological polar surface area (TPSA) is 83.7 Å². The minimum Gasteiger partial charge on any atom is -0.478 e. The van der Waals surface area contributed by atoms with E-state index in [2.05, 4.69) is 10.3 Å². The molecule has 3 aromatic rings. The lowest BCUT2D eigenvalue weighted by atomic mass is 9.95. The maximum atomic E-state index is 12.6. The van der Waals surface area contributed by atoms with Gasteiger partial charge in [0.25, 0.3) is 5.91 Å². The summed E-state index contributed by atoms with van der Waals surface area (Å²) < 4.78 is 2.03. The number of carbonyl (C=O) groups is 2.